The summed E-state index contributed by atoms with van der Waals surface area (Å²) >= 11 is 3.39. The highest BCUT2D eigenvalue weighted by molar-refractivity contribution is 9.10. The van der Waals surface area contributed by atoms with Crippen LogP contribution in [-0.2, 0) is 14.3 Å². The zero-order chi connectivity index (χ0) is 13.8. The first-order chi connectivity index (χ1) is 9.11. The van der Waals surface area contributed by atoms with Crippen LogP contribution in [0.15, 0.2) is 16.6 Å². The molecule has 1 aliphatic rings. The molecule has 1 aromatic carbocycles. The first-order valence-electron chi connectivity index (χ1n) is 5.96. The number of rotatable bonds is 3. The summed E-state index contributed by atoms with van der Waals surface area (Å²) in [6, 6.07) is 3.72. The monoisotopic (exact) mass is 329 g/mol. The van der Waals surface area contributed by atoms with Crippen LogP contribution in [0.4, 0.5) is 5.69 Å². The molecular weight excluding hydrogens is 314 g/mol. The number of ether oxygens (including phenoxy) is 3. The van der Waals surface area contributed by atoms with Crippen LogP contribution in [-0.4, -0.2) is 38.9 Å². The van der Waals surface area contributed by atoms with Crippen molar-refractivity contribution in [1.82, 2.24) is 0 Å². The molecule has 0 bridgehead atoms. The van der Waals surface area contributed by atoms with E-state index in [4.69, 9.17) is 14.2 Å². The number of benzene rings is 1. The van der Waals surface area contributed by atoms with E-state index in [0.717, 1.165) is 10.0 Å². The van der Waals surface area contributed by atoms with Gasteiger partial charge < -0.3 is 19.5 Å². The topological polar surface area (TPSA) is 56.8 Å². The largest absolute Gasteiger partial charge is 0.495 e. The fraction of sp³-hybridized carbons (Fsp3) is 0.462. The van der Waals surface area contributed by atoms with Crippen LogP contribution in [0.1, 0.15) is 5.56 Å². The average molecular weight is 330 g/mol. The highest BCUT2D eigenvalue weighted by atomic mass is 79.9. The van der Waals surface area contributed by atoms with E-state index in [1.807, 2.05) is 13.0 Å². The number of methoxy groups -OCH3 is 1. The van der Waals surface area contributed by atoms with Crippen LogP contribution in [0.5, 0.6) is 5.75 Å². The Morgan fingerprint density at radius 2 is 2.26 bits per heavy atom. The Morgan fingerprint density at radius 3 is 2.89 bits per heavy atom. The summed E-state index contributed by atoms with van der Waals surface area (Å²) in [5.74, 6) is 0.389. The summed E-state index contributed by atoms with van der Waals surface area (Å²) in [4.78, 5) is 12.1. The van der Waals surface area contributed by atoms with Gasteiger partial charge in [0.05, 0.1) is 32.6 Å². The number of anilines is 1. The van der Waals surface area contributed by atoms with Crippen molar-refractivity contribution in [1.29, 1.82) is 0 Å². The average Bonchev–Trinajstić information content (AvgIpc) is 2.42. The van der Waals surface area contributed by atoms with Gasteiger partial charge in [-0.25, -0.2) is 0 Å². The first kappa shape index (κ1) is 14.3. The lowest BCUT2D eigenvalue weighted by Crippen LogP contribution is -2.39. The van der Waals surface area contributed by atoms with Crippen molar-refractivity contribution in [2.45, 2.75) is 13.0 Å². The Bertz CT molecular complexity index is 472. The summed E-state index contributed by atoms with van der Waals surface area (Å²) in [6.45, 7) is 3.16. The van der Waals surface area contributed by atoms with Crippen molar-refractivity contribution in [3.05, 3.63) is 22.2 Å². The molecule has 19 heavy (non-hydrogen) atoms. The molecule has 0 aliphatic carbocycles. The lowest BCUT2D eigenvalue weighted by atomic mass is 10.1. The summed E-state index contributed by atoms with van der Waals surface area (Å²) < 4.78 is 16.8. The zero-order valence-electron chi connectivity index (χ0n) is 10.9. The van der Waals surface area contributed by atoms with Gasteiger partial charge in [-0.05, 0) is 24.6 Å². The van der Waals surface area contributed by atoms with Crippen molar-refractivity contribution in [3.63, 3.8) is 0 Å². The van der Waals surface area contributed by atoms with Crippen LogP contribution < -0.4 is 10.1 Å². The maximum Gasteiger partial charge on any atom is 0.256 e. The number of aryl methyl sites for hydroxylation is 1. The zero-order valence-corrected chi connectivity index (χ0v) is 12.5. The number of carbonyl (C=O) groups excluding carboxylic acids is 1. The van der Waals surface area contributed by atoms with Crippen molar-refractivity contribution >= 4 is 27.5 Å². The molecule has 1 aromatic rings. The second-order valence-corrected chi connectivity index (χ2v) is 5.14. The number of halogens is 1. The summed E-state index contributed by atoms with van der Waals surface area (Å²) in [5, 5.41) is 2.84. The molecule has 0 unspecified atom stereocenters. The molecule has 1 aliphatic heterocycles. The van der Waals surface area contributed by atoms with Crippen molar-refractivity contribution in [3.8, 4) is 5.75 Å². The van der Waals surface area contributed by atoms with Crippen LogP contribution in [0.25, 0.3) is 0 Å². The normalized spacial score (nSPS) is 19.0. The molecule has 1 fully saturated rings. The quantitative estimate of drug-likeness (QED) is 0.922. The van der Waals surface area contributed by atoms with Crippen molar-refractivity contribution < 1.29 is 19.0 Å². The Kier molecular flexibility index (Phi) is 4.79. The van der Waals surface area contributed by atoms with Crippen molar-refractivity contribution in [2.24, 2.45) is 0 Å². The van der Waals surface area contributed by atoms with Crippen LogP contribution in [0.3, 0.4) is 0 Å². The third-order valence-corrected chi connectivity index (χ3v) is 3.30. The molecule has 2 rings (SSSR count). The number of hydrogen-bond donors (Lipinski definition) is 1. The predicted octanol–water partition coefficient (Wildman–Crippen LogP) is 2.12. The Hall–Kier alpha value is -1.11. The van der Waals surface area contributed by atoms with E-state index >= 15 is 0 Å². The molecule has 6 heteroatoms. The van der Waals surface area contributed by atoms with Crippen LogP contribution >= 0.6 is 15.9 Å². The van der Waals surface area contributed by atoms with E-state index in [-0.39, 0.29) is 12.5 Å². The summed E-state index contributed by atoms with van der Waals surface area (Å²) in [6.07, 6.45) is -0.568. The minimum atomic E-state index is -0.568. The maximum atomic E-state index is 12.1. The van der Waals surface area contributed by atoms with Crippen molar-refractivity contribution in [2.75, 3.05) is 32.2 Å². The summed E-state index contributed by atoms with van der Waals surface area (Å²) in [7, 11) is 1.57. The van der Waals surface area contributed by atoms with Gasteiger partial charge in [-0.3, -0.25) is 4.79 Å². The second-order valence-electron chi connectivity index (χ2n) is 4.22. The third-order valence-electron chi connectivity index (χ3n) is 2.84. The molecule has 1 amide bonds. The van der Waals surface area contributed by atoms with Gasteiger partial charge in [-0.2, -0.15) is 0 Å². The van der Waals surface area contributed by atoms with Gasteiger partial charge in [0.1, 0.15) is 5.75 Å². The van der Waals surface area contributed by atoms with E-state index in [1.165, 1.54) is 0 Å². The molecule has 0 saturated carbocycles. The van der Waals surface area contributed by atoms with Gasteiger partial charge >= 0.3 is 0 Å². The van der Waals surface area contributed by atoms with Crippen LogP contribution in [0.2, 0.25) is 0 Å². The van der Waals surface area contributed by atoms with Gasteiger partial charge in [0.15, 0.2) is 6.10 Å². The third kappa shape index (κ3) is 3.46. The molecule has 1 heterocycles. The van der Waals surface area contributed by atoms with E-state index < -0.39 is 6.10 Å². The standard InChI is InChI=1S/C13H16BrNO4/c1-8-5-9(14)6-10(17-2)12(8)15-13(16)11-7-18-3-4-19-11/h5-6,11H,3-4,7H2,1-2H3,(H,15,16)/t11-/m0/s1. The first-order valence-corrected chi connectivity index (χ1v) is 6.75. The molecule has 0 spiro atoms. The minimum absolute atomic E-state index is 0.219. The Labute approximate surface area is 120 Å². The SMILES string of the molecule is COc1cc(Br)cc(C)c1NC(=O)[C@@H]1COCCO1. The van der Waals surface area contributed by atoms with Gasteiger partial charge in [-0.15, -0.1) is 0 Å². The van der Waals surface area contributed by atoms with E-state index in [1.54, 1.807) is 13.2 Å². The molecule has 0 aromatic heterocycles. The Morgan fingerprint density at radius 1 is 1.47 bits per heavy atom. The highest BCUT2D eigenvalue weighted by Gasteiger charge is 2.24. The molecular formula is C13H16BrNO4. The number of amides is 1. The predicted molar refractivity (Wildman–Crippen MR) is 74.6 cm³/mol. The molecule has 104 valence electrons. The fourth-order valence-electron chi connectivity index (χ4n) is 1.88. The maximum absolute atomic E-state index is 12.1. The Balaban J connectivity index is 2.15. The van der Waals surface area contributed by atoms with E-state index in [9.17, 15) is 4.79 Å². The second kappa shape index (κ2) is 6.36. The van der Waals surface area contributed by atoms with Crippen LogP contribution in [0, 0.1) is 6.92 Å². The molecule has 1 atom stereocenters. The summed E-state index contributed by atoms with van der Waals surface area (Å²) in [5.41, 5.74) is 1.57. The van der Waals surface area contributed by atoms with Gasteiger partial charge in [0.25, 0.3) is 5.91 Å². The number of nitrogens with one attached hydrogen (secondary N) is 1. The highest BCUT2D eigenvalue weighted by Crippen LogP contribution is 2.32. The van der Waals surface area contributed by atoms with E-state index in [2.05, 4.69) is 21.2 Å². The number of hydrogen-bond acceptors (Lipinski definition) is 4. The van der Waals surface area contributed by atoms with E-state index in [0.29, 0.717) is 24.7 Å². The minimum Gasteiger partial charge on any atom is -0.495 e. The lowest BCUT2D eigenvalue weighted by Gasteiger charge is -2.23. The molecule has 1 saturated heterocycles. The molecule has 5 nitrogen and oxygen atoms in total. The molecule has 0 radical (unpaired) electrons. The van der Waals surface area contributed by atoms with Gasteiger partial charge in [0, 0.05) is 4.47 Å². The molecule has 1 N–H and O–H groups in total. The smallest absolute Gasteiger partial charge is 0.256 e. The number of carbonyl (C=O) groups is 1. The van der Waals surface area contributed by atoms with Gasteiger partial charge in [-0.1, -0.05) is 15.9 Å². The van der Waals surface area contributed by atoms with Gasteiger partial charge in [0.2, 0.25) is 0 Å². The lowest BCUT2D eigenvalue weighted by molar-refractivity contribution is -0.142. The fourth-order valence-corrected chi connectivity index (χ4v) is 2.43.